The van der Waals surface area contributed by atoms with Crippen molar-refractivity contribution in [2.24, 2.45) is 0 Å². The molecule has 118 valence electrons. The highest BCUT2D eigenvalue weighted by Crippen LogP contribution is 2.32. The monoisotopic (exact) mass is 305 g/mol. The Hall–Kier alpha value is -0.470. The average molecular weight is 306 g/mol. The van der Waals surface area contributed by atoms with Crippen LogP contribution >= 0.6 is 11.8 Å². The molecule has 0 saturated heterocycles. The Morgan fingerprint density at radius 3 is 2.62 bits per heavy atom. The summed E-state index contributed by atoms with van der Waals surface area (Å²) in [6.07, 6.45) is 8.93. The Morgan fingerprint density at radius 2 is 1.90 bits per heavy atom. The summed E-state index contributed by atoms with van der Waals surface area (Å²) in [4.78, 5) is 1.47. The Morgan fingerprint density at radius 1 is 1.10 bits per heavy atom. The van der Waals surface area contributed by atoms with Crippen LogP contribution < -0.4 is 5.32 Å². The van der Waals surface area contributed by atoms with Gasteiger partial charge in [-0.25, -0.2) is 0 Å². The zero-order valence-electron chi connectivity index (χ0n) is 14.0. The molecule has 1 nitrogen and oxygen atoms in total. The lowest BCUT2D eigenvalue weighted by molar-refractivity contribution is 0.454. The first kappa shape index (κ1) is 16.9. The average Bonchev–Trinajstić information content (AvgIpc) is 2.97. The van der Waals surface area contributed by atoms with Crippen molar-refractivity contribution in [2.45, 2.75) is 81.9 Å². The molecule has 1 aromatic rings. The maximum absolute atomic E-state index is 3.77. The van der Waals surface area contributed by atoms with Gasteiger partial charge in [0.1, 0.15) is 0 Å². The molecular weight excluding hydrogens is 274 g/mol. The number of aryl methyl sites for hydroxylation is 2. The van der Waals surface area contributed by atoms with Gasteiger partial charge in [0.15, 0.2) is 0 Å². The first-order valence-electron chi connectivity index (χ1n) is 8.80. The van der Waals surface area contributed by atoms with Crippen molar-refractivity contribution in [1.29, 1.82) is 0 Å². The van der Waals surface area contributed by atoms with Crippen molar-refractivity contribution < 1.29 is 0 Å². The third-order valence-corrected chi connectivity index (χ3v) is 5.96. The first-order chi connectivity index (χ1) is 10.3. The normalized spacial score (nSPS) is 16.7. The van der Waals surface area contributed by atoms with E-state index in [1.54, 1.807) is 11.1 Å². The van der Waals surface area contributed by atoms with Gasteiger partial charge in [0, 0.05) is 16.2 Å². The van der Waals surface area contributed by atoms with Crippen LogP contribution in [0.1, 0.15) is 64.0 Å². The Labute approximate surface area is 135 Å². The number of hydrogen-bond donors (Lipinski definition) is 1. The largest absolute Gasteiger partial charge is 0.313 e. The van der Waals surface area contributed by atoms with E-state index < -0.39 is 0 Å². The number of hydrogen-bond acceptors (Lipinski definition) is 2. The minimum Gasteiger partial charge on any atom is -0.313 e. The standard InChI is InChI=1S/C19H31NS/c1-4-8-18(20-13-5-2)19(6-3)21-17-12-11-15-9-7-10-16(15)14-17/h11-12,14,18-20H,4-10,13H2,1-3H3. The van der Waals surface area contributed by atoms with Crippen LogP contribution in [0.2, 0.25) is 0 Å². The molecule has 0 saturated carbocycles. The van der Waals surface area contributed by atoms with E-state index in [1.165, 1.54) is 49.8 Å². The molecule has 0 bridgehead atoms. The number of rotatable bonds is 9. The lowest BCUT2D eigenvalue weighted by Crippen LogP contribution is -2.38. The van der Waals surface area contributed by atoms with Gasteiger partial charge in [0.25, 0.3) is 0 Å². The number of fused-ring (bicyclic) bond motifs is 1. The van der Waals surface area contributed by atoms with Crippen LogP contribution in [0.3, 0.4) is 0 Å². The minimum atomic E-state index is 0.651. The van der Waals surface area contributed by atoms with Crippen molar-refractivity contribution in [2.75, 3.05) is 6.54 Å². The van der Waals surface area contributed by atoms with Crippen LogP contribution in [-0.2, 0) is 12.8 Å². The van der Waals surface area contributed by atoms with E-state index in [9.17, 15) is 0 Å². The smallest absolute Gasteiger partial charge is 0.0245 e. The highest BCUT2D eigenvalue weighted by molar-refractivity contribution is 8.00. The van der Waals surface area contributed by atoms with E-state index in [0.29, 0.717) is 11.3 Å². The fourth-order valence-corrected chi connectivity index (χ4v) is 4.58. The summed E-state index contributed by atoms with van der Waals surface area (Å²) < 4.78 is 0. The van der Waals surface area contributed by atoms with Crippen LogP contribution in [-0.4, -0.2) is 17.8 Å². The fourth-order valence-electron chi connectivity index (χ4n) is 3.31. The van der Waals surface area contributed by atoms with Gasteiger partial charge in [-0.05, 0) is 68.3 Å². The molecule has 0 amide bonds. The van der Waals surface area contributed by atoms with Crippen molar-refractivity contribution >= 4 is 11.8 Å². The van der Waals surface area contributed by atoms with Crippen LogP contribution in [0, 0.1) is 0 Å². The molecule has 0 fully saturated rings. The molecule has 2 heteroatoms. The topological polar surface area (TPSA) is 12.0 Å². The summed E-state index contributed by atoms with van der Waals surface area (Å²) in [6, 6.07) is 7.82. The van der Waals surface area contributed by atoms with Crippen molar-refractivity contribution in [1.82, 2.24) is 5.32 Å². The lowest BCUT2D eigenvalue weighted by atomic mass is 10.1. The molecule has 2 unspecified atom stereocenters. The van der Waals surface area contributed by atoms with Crippen LogP contribution in [0.25, 0.3) is 0 Å². The molecule has 0 aliphatic heterocycles. The summed E-state index contributed by atoms with van der Waals surface area (Å²) in [5.41, 5.74) is 3.19. The molecule has 2 rings (SSSR count). The molecular formula is C19H31NS. The van der Waals surface area contributed by atoms with E-state index in [-0.39, 0.29) is 0 Å². The van der Waals surface area contributed by atoms with Crippen LogP contribution in [0.5, 0.6) is 0 Å². The molecule has 2 atom stereocenters. The van der Waals surface area contributed by atoms with Crippen LogP contribution in [0.4, 0.5) is 0 Å². The molecule has 1 aliphatic rings. The SMILES string of the molecule is CCCNC(CCC)C(CC)Sc1ccc2c(c1)CCC2. The van der Waals surface area contributed by atoms with Gasteiger partial charge in [-0.2, -0.15) is 0 Å². The second kappa shape index (κ2) is 8.85. The highest BCUT2D eigenvalue weighted by Gasteiger charge is 2.20. The van der Waals surface area contributed by atoms with Gasteiger partial charge in [-0.3, -0.25) is 0 Å². The molecule has 0 aromatic heterocycles. The van der Waals surface area contributed by atoms with Gasteiger partial charge in [-0.15, -0.1) is 11.8 Å². The summed E-state index contributed by atoms with van der Waals surface area (Å²) in [5.74, 6) is 0. The van der Waals surface area contributed by atoms with E-state index >= 15 is 0 Å². The van der Waals surface area contributed by atoms with E-state index in [1.807, 2.05) is 0 Å². The first-order valence-corrected chi connectivity index (χ1v) is 9.68. The fraction of sp³-hybridized carbons (Fsp3) is 0.684. The van der Waals surface area contributed by atoms with Gasteiger partial charge in [0.05, 0.1) is 0 Å². The van der Waals surface area contributed by atoms with Gasteiger partial charge in [-0.1, -0.05) is 33.3 Å². The Bertz CT molecular complexity index is 430. The maximum Gasteiger partial charge on any atom is 0.0245 e. The van der Waals surface area contributed by atoms with Crippen molar-refractivity contribution in [3.8, 4) is 0 Å². The second-order valence-corrected chi connectivity index (χ2v) is 7.51. The lowest BCUT2D eigenvalue weighted by Gasteiger charge is -2.27. The third kappa shape index (κ3) is 4.75. The summed E-state index contributed by atoms with van der Waals surface area (Å²) in [7, 11) is 0. The summed E-state index contributed by atoms with van der Waals surface area (Å²) in [5, 5.41) is 4.46. The predicted octanol–water partition coefficient (Wildman–Crippen LogP) is 5.21. The van der Waals surface area contributed by atoms with Crippen LogP contribution in [0.15, 0.2) is 23.1 Å². The molecule has 1 aliphatic carbocycles. The molecule has 21 heavy (non-hydrogen) atoms. The van der Waals surface area contributed by atoms with E-state index in [0.717, 1.165) is 6.54 Å². The second-order valence-electron chi connectivity index (χ2n) is 6.20. The van der Waals surface area contributed by atoms with Gasteiger partial charge >= 0.3 is 0 Å². The van der Waals surface area contributed by atoms with Gasteiger partial charge < -0.3 is 5.32 Å². The number of nitrogens with one attached hydrogen (secondary N) is 1. The quantitative estimate of drug-likeness (QED) is 0.628. The zero-order chi connectivity index (χ0) is 15.1. The van der Waals surface area contributed by atoms with E-state index in [2.05, 4.69) is 56.0 Å². The van der Waals surface area contributed by atoms with Gasteiger partial charge in [0.2, 0.25) is 0 Å². The van der Waals surface area contributed by atoms with Crippen molar-refractivity contribution in [3.63, 3.8) is 0 Å². The molecule has 1 N–H and O–H groups in total. The molecule has 1 aromatic carbocycles. The number of benzene rings is 1. The van der Waals surface area contributed by atoms with Crippen molar-refractivity contribution in [3.05, 3.63) is 29.3 Å². The maximum atomic E-state index is 3.77. The number of thioether (sulfide) groups is 1. The highest BCUT2D eigenvalue weighted by atomic mass is 32.2. The van der Waals surface area contributed by atoms with E-state index in [4.69, 9.17) is 0 Å². The minimum absolute atomic E-state index is 0.651. The summed E-state index contributed by atoms with van der Waals surface area (Å²) in [6.45, 7) is 8.03. The molecule has 0 spiro atoms. The Kier molecular flexibility index (Phi) is 7.12. The predicted molar refractivity (Wildman–Crippen MR) is 95.4 cm³/mol. The molecule has 0 radical (unpaired) electrons. The summed E-state index contributed by atoms with van der Waals surface area (Å²) >= 11 is 2.09. The Balaban J connectivity index is 2.02. The third-order valence-electron chi connectivity index (χ3n) is 4.46. The molecule has 0 heterocycles. The zero-order valence-corrected chi connectivity index (χ0v) is 14.8.